The van der Waals surface area contributed by atoms with Crippen LogP contribution < -0.4 is 4.74 Å². The largest absolute Gasteiger partial charge is 0.494 e. The van der Waals surface area contributed by atoms with Gasteiger partial charge in [-0.1, -0.05) is 13.8 Å². The Labute approximate surface area is 137 Å². The first-order chi connectivity index (χ1) is 11.2. The van der Waals surface area contributed by atoms with Crippen molar-refractivity contribution in [1.29, 1.82) is 0 Å². The minimum atomic E-state index is -5.02. The molecule has 0 aliphatic rings. The van der Waals surface area contributed by atoms with Crippen molar-refractivity contribution in [1.82, 2.24) is 4.98 Å². The monoisotopic (exact) mass is 343 g/mol. The predicted molar refractivity (Wildman–Crippen MR) is 82.7 cm³/mol. The second-order valence-corrected chi connectivity index (χ2v) is 4.54. The van der Waals surface area contributed by atoms with Crippen molar-refractivity contribution in [3.8, 4) is 17.0 Å². The predicted octanol–water partition coefficient (Wildman–Crippen LogP) is 4.98. The van der Waals surface area contributed by atoms with Crippen molar-refractivity contribution in [2.45, 2.75) is 26.9 Å². The van der Waals surface area contributed by atoms with Gasteiger partial charge in [-0.15, -0.1) is 0 Å². The molecule has 3 nitrogen and oxygen atoms in total. The summed E-state index contributed by atoms with van der Waals surface area (Å²) in [6.45, 7) is 5.51. The van der Waals surface area contributed by atoms with Gasteiger partial charge in [0.2, 0.25) is 0 Å². The molecule has 0 radical (unpaired) electrons. The van der Waals surface area contributed by atoms with Crippen molar-refractivity contribution in [2.75, 3.05) is 7.11 Å². The summed E-state index contributed by atoms with van der Waals surface area (Å²) in [6, 6.07) is 6.11. The molecule has 0 aliphatic heterocycles. The number of carbonyl (C=O) groups is 1. The lowest BCUT2D eigenvalue weighted by Gasteiger charge is -2.11. The number of pyridine rings is 1. The summed E-state index contributed by atoms with van der Waals surface area (Å²) in [7, 11) is 1.32. The van der Waals surface area contributed by atoms with E-state index in [1.165, 1.54) is 38.3 Å². The standard InChI is InChI=1S/C15H11F4NO2.C2H6/c1-8-7-9(3-4-10(8)16)13-12(22-2)6-5-11(20-13)14(21)15(17,18)19;1-2/h3-7H,1-2H3;1-2H3. The van der Waals surface area contributed by atoms with Crippen molar-refractivity contribution >= 4 is 5.78 Å². The number of halogens is 4. The first kappa shape index (κ1) is 19.6. The molecule has 7 heteroatoms. The highest BCUT2D eigenvalue weighted by Gasteiger charge is 2.40. The first-order valence-corrected chi connectivity index (χ1v) is 7.17. The fourth-order valence-electron chi connectivity index (χ4n) is 1.88. The zero-order valence-corrected chi connectivity index (χ0v) is 13.7. The maximum absolute atomic E-state index is 13.3. The molecule has 130 valence electrons. The molecule has 0 atom stereocenters. The first-order valence-electron chi connectivity index (χ1n) is 7.17. The fourth-order valence-corrected chi connectivity index (χ4v) is 1.88. The lowest BCUT2D eigenvalue weighted by molar-refractivity contribution is -0.0888. The van der Waals surface area contributed by atoms with E-state index in [9.17, 15) is 22.4 Å². The number of ether oxygens (including phenoxy) is 1. The van der Waals surface area contributed by atoms with Gasteiger partial charge < -0.3 is 4.74 Å². The highest BCUT2D eigenvalue weighted by molar-refractivity contribution is 5.99. The molecule has 1 aromatic heterocycles. The molecule has 1 aromatic carbocycles. The van der Waals surface area contributed by atoms with Crippen molar-refractivity contribution in [3.05, 3.63) is 47.4 Å². The van der Waals surface area contributed by atoms with E-state index >= 15 is 0 Å². The number of aryl methyl sites for hydroxylation is 1. The third-order valence-corrected chi connectivity index (χ3v) is 3.00. The Morgan fingerprint density at radius 2 is 1.75 bits per heavy atom. The minimum absolute atomic E-state index is 0.0423. The summed E-state index contributed by atoms with van der Waals surface area (Å²) in [4.78, 5) is 15.0. The lowest BCUT2D eigenvalue weighted by Crippen LogP contribution is -2.24. The Hall–Kier alpha value is -2.44. The number of nitrogens with zero attached hydrogens (tertiary/aromatic N) is 1. The van der Waals surface area contributed by atoms with E-state index in [1.807, 2.05) is 13.8 Å². The highest BCUT2D eigenvalue weighted by atomic mass is 19.4. The Morgan fingerprint density at radius 1 is 1.12 bits per heavy atom. The Bertz CT molecular complexity index is 727. The molecule has 2 rings (SSSR count). The third-order valence-electron chi connectivity index (χ3n) is 3.00. The quantitative estimate of drug-likeness (QED) is 0.583. The van der Waals surface area contributed by atoms with Crippen molar-refractivity contribution in [2.24, 2.45) is 0 Å². The molecule has 0 aliphatic carbocycles. The molecular weight excluding hydrogens is 326 g/mol. The van der Waals surface area contributed by atoms with Crippen LogP contribution in [0.5, 0.6) is 5.75 Å². The van der Waals surface area contributed by atoms with Crippen molar-refractivity contribution in [3.63, 3.8) is 0 Å². The van der Waals surface area contributed by atoms with Gasteiger partial charge in [0.05, 0.1) is 7.11 Å². The number of ketones is 1. The smallest absolute Gasteiger partial charge is 0.456 e. The van der Waals surface area contributed by atoms with Crippen LogP contribution in [0.3, 0.4) is 0 Å². The van der Waals surface area contributed by atoms with Gasteiger partial charge >= 0.3 is 6.18 Å². The normalized spacial score (nSPS) is 10.7. The van der Waals surface area contributed by atoms with Crippen LogP contribution in [0, 0.1) is 12.7 Å². The molecular formula is C17H17F4NO2. The zero-order chi connectivity index (χ0) is 18.5. The number of aromatic nitrogens is 1. The SMILES string of the molecule is CC.COc1ccc(C(=O)C(F)(F)F)nc1-c1ccc(F)c(C)c1. The molecule has 0 unspecified atom stereocenters. The number of alkyl halides is 3. The molecule has 0 bridgehead atoms. The van der Waals surface area contributed by atoms with E-state index in [-0.39, 0.29) is 11.4 Å². The van der Waals surface area contributed by atoms with Gasteiger partial charge in [-0.3, -0.25) is 4.79 Å². The Morgan fingerprint density at radius 3 is 2.25 bits per heavy atom. The maximum Gasteiger partial charge on any atom is 0.456 e. The number of carbonyl (C=O) groups excluding carboxylic acids is 1. The third kappa shape index (κ3) is 4.31. The fraction of sp³-hybridized carbons (Fsp3) is 0.294. The van der Waals surface area contributed by atoms with Gasteiger partial charge in [0.15, 0.2) is 0 Å². The molecule has 0 N–H and O–H groups in total. The van der Waals surface area contributed by atoms with Crippen LogP contribution in [0.2, 0.25) is 0 Å². The number of hydrogen-bond acceptors (Lipinski definition) is 3. The summed E-state index contributed by atoms with van der Waals surface area (Å²) in [5, 5.41) is 0. The summed E-state index contributed by atoms with van der Waals surface area (Å²) in [5.74, 6) is -2.31. The molecule has 2 aromatic rings. The topological polar surface area (TPSA) is 39.2 Å². The van der Waals surface area contributed by atoms with E-state index < -0.39 is 23.5 Å². The van der Waals surface area contributed by atoms with Crippen LogP contribution in [0.15, 0.2) is 30.3 Å². The van der Waals surface area contributed by atoms with E-state index in [2.05, 4.69) is 4.98 Å². The van der Waals surface area contributed by atoms with E-state index in [4.69, 9.17) is 4.74 Å². The van der Waals surface area contributed by atoms with Gasteiger partial charge in [0.25, 0.3) is 5.78 Å². The number of Topliss-reactive ketones (excluding diaryl/α,β-unsaturated/α-hetero) is 1. The summed E-state index contributed by atoms with van der Waals surface area (Å²) < 4.78 is 55.8. The molecule has 0 amide bonds. The van der Waals surface area contributed by atoms with E-state index in [0.29, 0.717) is 11.1 Å². The molecule has 1 heterocycles. The summed E-state index contributed by atoms with van der Waals surface area (Å²) >= 11 is 0. The van der Waals surface area contributed by atoms with Gasteiger partial charge in [-0.05, 0) is 42.8 Å². The molecule has 0 fully saturated rings. The summed E-state index contributed by atoms with van der Waals surface area (Å²) in [5.41, 5.74) is -0.0487. The van der Waals surface area contributed by atoms with Crippen LogP contribution in [-0.4, -0.2) is 24.1 Å². The van der Waals surface area contributed by atoms with Crippen LogP contribution in [0.4, 0.5) is 17.6 Å². The van der Waals surface area contributed by atoms with Crippen molar-refractivity contribution < 1.29 is 27.1 Å². The maximum atomic E-state index is 13.3. The number of hydrogen-bond donors (Lipinski definition) is 0. The lowest BCUT2D eigenvalue weighted by atomic mass is 10.1. The molecule has 24 heavy (non-hydrogen) atoms. The average Bonchev–Trinajstić information content (AvgIpc) is 2.57. The molecule has 0 saturated heterocycles. The van der Waals surface area contributed by atoms with Crippen LogP contribution in [0.1, 0.15) is 29.9 Å². The Kier molecular flexibility index (Phi) is 6.45. The number of benzene rings is 1. The zero-order valence-electron chi connectivity index (χ0n) is 13.7. The van der Waals surface area contributed by atoms with Gasteiger partial charge in [-0.25, -0.2) is 9.37 Å². The van der Waals surface area contributed by atoms with E-state index in [0.717, 1.165) is 6.07 Å². The molecule has 0 spiro atoms. The van der Waals surface area contributed by atoms with Crippen LogP contribution >= 0.6 is 0 Å². The Balaban J connectivity index is 0.00000139. The van der Waals surface area contributed by atoms with Gasteiger partial charge in [0.1, 0.15) is 23.0 Å². The highest BCUT2D eigenvalue weighted by Crippen LogP contribution is 2.31. The van der Waals surface area contributed by atoms with Crippen LogP contribution in [-0.2, 0) is 0 Å². The van der Waals surface area contributed by atoms with Gasteiger partial charge in [-0.2, -0.15) is 13.2 Å². The minimum Gasteiger partial charge on any atom is -0.494 e. The average molecular weight is 343 g/mol. The second-order valence-electron chi connectivity index (χ2n) is 4.54. The number of methoxy groups -OCH3 is 1. The molecule has 0 saturated carbocycles. The van der Waals surface area contributed by atoms with Gasteiger partial charge in [0, 0.05) is 5.56 Å². The van der Waals surface area contributed by atoms with Crippen LogP contribution in [0.25, 0.3) is 11.3 Å². The van der Waals surface area contributed by atoms with E-state index in [1.54, 1.807) is 0 Å². The second kappa shape index (κ2) is 7.90. The summed E-state index contributed by atoms with van der Waals surface area (Å²) in [6.07, 6.45) is -5.02. The number of rotatable bonds is 3.